The summed E-state index contributed by atoms with van der Waals surface area (Å²) in [4.78, 5) is 4.58. The van der Waals surface area contributed by atoms with Crippen LogP contribution in [0.15, 0.2) is 48.5 Å². The molecule has 0 fully saturated rings. The molecule has 96 valence electrons. The van der Waals surface area contributed by atoms with Gasteiger partial charge in [0.15, 0.2) is 0 Å². The average molecular weight is 252 g/mol. The Bertz CT molecular complexity index is 698. The average Bonchev–Trinajstić information content (AvgIpc) is 2.76. The highest BCUT2D eigenvalue weighted by atomic mass is 16.5. The second-order valence-electron chi connectivity index (χ2n) is 4.58. The van der Waals surface area contributed by atoms with Crippen molar-refractivity contribution in [1.29, 1.82) is 0 Å². The quantitative estimate of drug-likeness (QED) is 0.714. The van der Waals surface area contributed by atoms with Crippen LogP contribution in [-0.4, -0.2) is 16.7 Å². The molecule has 3 aromatic rings. The van der Waals surface area contributed by atoms with Gasteiger partial charge < -0.3 is 9.30 Å². The zero-order valence-electron chi connectivity index (χ0n) is 11.1. The number of imidazole rings is 1. The second-order valence-corrected chi connectivity index (χ2v) is 4.58. The van der Waals surface area contributed by atoms with Crippen molar-refractivity contribution in [2.75, 3.05) is 7.11 Å². The lowest BCUT2D eigenvalue weighted by Gasteiger charge is -2.08. The lowest BCUT2D eigenvalue weighted by atomic mass is 10.2. The molecule has 0 aliphatic rings. The molecular weight excluding hydrogens is 236 g/mol. The van der Waals surface area contributed by atoms with Crippen LogP contribution in [0.4, 0.5) is 0 Å². The van der Waals surface area contributed by atoms with E-state index < -0.39 is 0 Å². The summed E-state index contributed by atoms with van der Waals surface area (Å²) in [7, 11) is 1.68. The van der Waals surface area contributed by atoms with Crippen LogP contribution in [0, 0.1) is 6.92 Å². The van der Waals surface area contributed by atoms with Crippen molar-refractivity contribution in [2.24, 2.45) is 0 Å². The number of benzene rings is 2. The Morgan fingerprint density at radius 1 is 1.05 bits per heavy atom. The molecule has 0 amide bonds. The highest BCUT2D eigenvalue weighted by Gasteiger charge is 2.06. The molecule has 3 heteroatoms. The predicted octanol–water partition coefficient (Wildman–Crippen LogP) is 3.40. The van der Waals surface area contributed by atoms with Crippen LogP contribution in [0.2, 0.25) is 0 Å². The van der Waals surface area contributed by atoms with E-state index in [-0.39, 0.29) is 0 Å². The van der Waals surface area contributed by atoms with Gasteiger partial charge in [-0.2, -0.15) is 0 Å². The van der Waals surface area contributed by atoms with Crippen LogP contribution in [0.5, 0.6) is 5.75 Å². The Morgan fingerprint density at radius 3 is 2.53 bits per heavy atom. The van der Waals surface area contributed by atoms with E-state index in [4.69, 9.17) is 4.74 Å². The molecule has 0 radical (unpaired) electrons. The summed E-state index contributed by atoms with van der Waals surface area (Å²) in [5.74, 6) is 1.92. The zero-order valence-corrected chi connectivity index (χ0v) is 11.1. The van der Waals surface area contributed by atoms with Crippen molar-refractivity contribution < 1.29 is 4.74 Å². The van der Waals surface area contributed by atoms with E-state index in [9.17, 15) is 0 Å². The summed E-state index contributed by atoms with van der Waals surface area (Å²) in [5.41, 5.74) is 3.47. The minimum atomic E-state index is 0.830. The molecule has 19 heavy (non-hydrogen) atoms. The minimum Gasteiger partial charge on any atom is -0.497 e. The smallest absolute Gasteiger partial charge is 0.118 e. The van der Waals surface area contributed by atoms with Crippen LogP contribution in [0.3, 0.4) is 0 Å². The molecule has 1 heterocycles. The SMILES string of the molecule is COc1ccc(Cn2c(C)nc3ccccc32)cc1. The first-order valence-electron chi connectivity index (χ1n) is 6.33. The number of para-hydroxylation sites is 2. The van der Waals surface area contributed by atoms with Gasteiger partial charge in [0, 0.05) is 6.54 Å². The number of aryl methyl sites for hydroxylation is 1. The van der Waals surface area contributed by atoms with Gasteiger partial charge in [-0.3, -0.25) is 0 Å². The van der Waals surface area contributed by atoms with E-state index in [1.54, 1.807) is 7.11 Å². The number of nitrogens with zero attached hydrogens (tertiary/aromatic N) is 2. The maximum Gasteiger partial charge on any atom is 0.118 e. The molecule has 0 aliphatic heterocycles. The Balaban J connectivity index is 1.98. The van der Waals surface area contributed by atoms with E-state index >= 15 is 0 Å². The largest absolute Gasteiger partial charge is 0.497 e. The first-order valence-corrected chi connectivity index (χ1v) is 6.33. The van der Waals surface area contributed by atoms with Gasteiger partial charge in [0.05, 0.1) is 18.1 Å². The van der Waals surface area contributed by atoms with Crippen LogP contribution >= 0.6 is 0 Å². The summed E-state index contributed by atoms with van der Waals surface area (Å²) >= 11 is 0. The van der Waals surface area contributed by atoms with Crippen LogP contribution < -0.4 is 4.74 Å². The summed E-state index contributed by atoms with van der Waals surface area (Å²) in [6, 6.07) is 16.4. The molecule has 1 aromatic heterocycles. The van der Waals surface area contributed by atoms with E-state index in [0.717, 1.165) is 23.6 Å². The lowest BCUT2D eigenvalue weighted by molar-refractivity contribution is 0.414. The number of ether oxygens (including phenoxy) is 1. The molecule has 0 aliphatic carbocycles. The fraction of sp³-hybridized carbons (Fsp3) is 0.188. The molecule has 0 atom stereocenters. The standard InChI is InChI=1S/C16H16N2O/c1-12-17-15-5-3-4-6-16(15)18(12)11-13-7-9-14(19-2)10-8-13/h3-10H,11H2,1-2H3. The van der Waals surface area contributed by atoms with Crippen molar-refractivity contribution in [3.8, 4) is 5.75 Å². The first kappa shape index (κ1) is 11.8. The Hall–Kier alpha value is -2.29. The zero-order chi connectivity index (χ0) is 13.2. The van der Waals surface area contributed by atoms with Gasteiger partial charge in [-0.05, 0) is 36.8 Å². The van der Waals surface area contributed by atoms with Crippen LogP contribution in [0.25, 0.3) is 11.0 Å². The maximum atomic E-state index is 5.18. The minimum absolute atomic E-state index is 0.830. The molecule has 2 aromatic carbocycles. The molecular formula is C16H16N2O. The predicted molar refractivity (Wildman–Crippen MR) is 76.6 cm³/mol. The first-order chi connectivity index (χ1) is 9.28. The van der Waals surface area contributed by atoms with Crippen molar-refractivity contribution >= 4 is 11.0 Å². The van der Waals surface area contributed by atoms with Gasteiger partial charge >= 0.3 is 0 Å². The van der Waals surface area contributed by atoms with Crippen LogP contribution in [0.1, 0.15) is 11.4 Å². The number of aromatic nitrogens is 2. The van der Waals surface area contributed by atoms with Gasteiger partial charge in [0.2, 0.25) is 0 Å². The third-order valence-electron chi connectivity index (χ3n) is 3.35. The highest BCUT2D eigenvalue weighted by Crippen LogP contribution is 2.18. The van der Waals surface area contributed by atoms with Gasteiger partial charge in [0.25, 0.3) is 0 Å². The Morgan fingerprint density at radius 2 is 1.79 bits per heavy atom. The summed E-state index contributed by atoms with van der Waals surface area (Å²) in [6.07, 6.45) is 0. The molecule has 0 saturated heterocycles. The molecule has 3 rings (SSSR count). The van der Waals surface area contributed by atoms with Crippen LogP contribution in [-0.2, 0) is 6.54 Å². The second kappa shape index (κ2) is 4.76. The van der Waals surface area contributed by atoms with Crippen molar-refractivity contribution in [3.05, 3.63) is 59.9 Å². The lowest BCUT2D eigenvalue weighted by Crippen LogP contribution is -2.01. The number of hydrogen-bond donors (Lipinski definition) is 0. The van der Waals surface area contributed by atoms with Gasteiger partial charge in [-0.25, -0.2) is 4.98 Å². The Labute approximate surface area is 112 Å². The number of methoxy groups -OCH3 is 1. The highest BCUT2D eigenvalue weighted by molar-refractivity contribution is 5.75. The monoisotopic (exact) mass is 252 g/mol. The molecule has 0 N–H and O–H groups in total. The summed E-state index contributed by atoms with van der Waals surface area (Å²) in [5, 5.41) is 0. The van der Waals surface area contributed by atoms with E-state index in [1.807, 2.05) is 37.3 Å². The Kier molecular flexibility index (Phi) is 2.95. The summed E-state index contributed by atoms with van der Waals surface area (Å²) in [6.45, 7) is 2.87. The number of hydrogen-bond acceptors (Lipinski definition) is 2. The molecule has 3 nitrogen and oxygen atoms in total. The fourth-order valence-electron chi connectivity index (χ4n) is 2.31. The van der Waals surface area contributed by atoms with Crippen molar-refractivity contribution in [3.63, 3.8) is 0 Å². The van der Waals surface area contributed by atoms with Gasteiger partial charge in [-0.1, -0.05) is 24.3 Å². The molecule has 0 unspecified atom stereocenters. The van der Waals surface area contributed by atoms with Crippen molar-refractivity contribution in [1.82, 2.24) is 9.55 Å². The normalized spacial score (nSPS) is 10.8. The van der Waals surface area contributed by atoms with E-state index in [1.165, 1.54) is 11.1 Å². The number of fused-ring (bicyclic) bond motifs is 1. The van der Waals surface area contributed by atoms with E-state index in [2.05, 4.69) is 27.8 Å². The molecule has 0 saturated carbocycles. The topological polar surface area (TPSA) is 27.1 Å². The van der Waals surface area contributed by atoms with Crippen molar-refractivity contribution in [2.45, 2.75) is 13.5 Å². The molecule has 0 spiro atoms. The maximum absolute atomic E-state index is 5.18. The number of rotatable bonds is 3. The third kappa shape index (κ3) is 2.19. The van der Waals surface area contributed by atoms with Gasteiger partial charge in [-0.15, -0.1) is 0 Å². The molecule has 0 bridgehead atoms. The van der Waals surface area contributed by atoms with Gasteiger partial charge in [0.1, 0.15) is 11.6 Å². The third-order valence-corrected chi connectivity index (χ3v) is 3.35. The summed E-state index contributed by atoms with van der Waals surface area (Å²) < 4.78 is 7.41. The van der Waals surface area contributed by atoms with E-state index in [0.29, 0.717) is 0 Å². The fourth-order valence-corrected chi connectivity index (χ4v) is 2.31.